The highest BCUT2D eigenvalue weighted by atomic mass is 35.5. The standard InChI is InChI=1S/C19H15ClN2O2S/c20-13-5-3-4-12(10-13)19-22-16(11-25-19)18(23)21-15-8-9-24-17-7-2-1-6-14(15)17/h1-7,10-11,15H,8-9H2,(H,21,23)/t15-/m0/s1. The van der Waals surface area contributed by atoms with Gasteiger partial charge in [0.2, 0.25) is 0 Å². The quantitative estimate of drug-likeness (QED) is 0.725. The Morgan fingerprint density at radius 1 is 1.24 bits per heavy atom. The average molecular weight is 371 g/mol. The maximum atomic E-state index is 12.6. The molecule has 0 saturated heterocycles. The van der Waals surface area contributed by atoms with Crippen LogP contribution in [0.25, 0.3) is 10.6 Å². The molecule has 2 heterocycles. The monoisotopic (exact) mass is 370 g/mol. The molecular formula is C19H15ClN2O2S. The fourth-order valence-corrected chi connectivity index (χ4v) is 3.84. The smallest absolute Gasteiger partial charge is 0.271 e. The van der Waals surface area contributed by atoms with Crippen molar-refractivity contribution >= 4 is 28.8 Å². The number of para-hydroxylation sites is 1. The molecule has 1 atom stereocenters. The zero-order chi connectivity index (χ0) is 17.2. The van der Waals surface area contributed by atoms with E-state index in [4.69, 9.17) is 16.3 Å². The fraction of sp³-hybridized carbons (Fsp3) is 0.158. The van der Waals surface area contributed by atoms with Gasteiger partial charge in [-0.1, -0.05) is 41.9 Å². The molecule has 1 amide bonds. The first-order valence-corrected chi connectivity index (χ1v) is 9.20. The number of amides is 1. The first-order chi connectivity index (χ1) is 12.2. The summed E-state index contributed by atoms with van der Waals surface area (Å²) in [6, 6.07) is 15.2. The minimum absolute atomic E-state index is 0.0613. The van der Waals surface area contributed by atoms with Crippen molar-refractivity contribution in [1.29, 1.82) is 0 Å². The van der Waals surface area contributed by atoms with E-state index in [9.17, 15) is 4.79 Å². The van der Waals surface area contributed by atoms with Crippen molar-refractivity contribution in [2.75, 3.05) is 6.61 Å². The number of benzene rings is 2. The first-order valence-electron chi connectivity index (χ1n) is 7.95. The summed E-state index contributed by atoms with van der Waals surface area (Å²) >= 11 is 7.46. The van der Waals surface area contributed by atoms with E-state index in [1.54, 1.807) is 5.38 Å². The summed E-state index contributed by atoms with van der Waals surface area (Å²) in [7, 11) is 0. The summed E-state index contributed by atoms with van der Waals surface area (Å²) in [5, 5.41) is 6.27. The molecular weight excluding hydrogens is 356 g/mol. The molecule has 0 fully saturated rings. The second-order valence-electron chi connectivity index (χ2n) is 5.75. The Morgan fingerprint density at radius 3 is 3.00 bits per heavy atom. The molecule has 126 valence electrons. The van der Waals surface area contributed by atoms with Crippen molar-refractivity contribution in [2.45, 2.75) is 12.5 Å². The van der Waals surface area contributed by atoms with Crippen molar-refractivity contribution in [1.82, 2.24) is 10.3 Å². The predicted molar refractivity (Wildman–Crippen MR) is 99.3 cm³/mol. The molecule has 1 N–H and O–H groups in total. The number of carbonyl (C=O) groups excluding carboxylic acids is 1. The van der Waals surface area contributed by atoms with Gasteiger partial charge in [-0.25, -0.2) is 4.98 Å². The van der Waals surface area contributed by atoms with E-state index in [2.05, 4.69) is 10.3 Å². The third kappa shape index (κ3) is 3.38. The van der Waals surface area contributed by atoms with Crippen LogP contribution in [0, 0.1) is 0 Å². The van der Waals surface area contributed by atoms with Crippen LogP contribution in [0.1, 0.15) is 28.5 Å². The molecule has 3 aromatic rings. The second-order valence-corrected chi connectivity index (χ2v) is 7.04. The third-order valence-corrected chi connectivity index (χ3v) is 5.20. The molecule has 1 aromatic heterocycles. The lowest BCUT2D eigenvalue weighted by Crippen LogP contribution is -2.32. The van der Waals surface area contributed by atoms with Crippen molar-refractivity contribution in [3.63, 3.8) is 0 Å². The van der Waals surface area contributed by atoms with E-state index in [0.717, 1.165) is 28.3 Å². The maximum absolute atomic E-state index is 12.6. The zero-order valence-corrected chi connectivity index (χ0v) is 14.8. The Bertz CT molecular complexity index is 925. The Morgan fingerprint density at radius 2 is 2.12 bits per heavy atom. The summed E-state index contributed by atoms with van der Waals surface area (Å²) in [5.41, 5.74) is 2.34. The Kier molecular flexibility index (Phi) is 4.42. The van der Waals surface area contributed by atoms with Gasteiger partial charge in [0.05, 0.1) is 12.6 Å². The van der Waals surface area contributed by atoms with Crippen LogP contribution in [0.2, 0.25) is 5.02 Å². The van der Waals surface area contributed by atoms with Crippen molar-refractivity contribution in [3.05, 3.63) is 70.2 Å². The number of ether oxygens (including phenoxy) is 1. The topological polar surface area (TPSA) is 51.2 Å². The summed E-state index contributed by atoms with van der Waals surface area (Å²) in [4.78, 5) is 17.1. The number of hydrogen-bond acceptors (Lipinski definition) is 4. The van der Waals surface area contributed by atoms with Crippen LogP contribution in [0.5, 0.6) is 5.75 Å². The average Bonchev–Trinajstić information content (AvgIpc) is 3.12. The van der Waals surface area contributed by atoms with Crippen LogP contribution in [0.4, 0.5) is 0 Å². The third-order valence-electron chi connectivity index (χ3n) is 4.07. The predicted octanol–water partition coefficient (Wildman–Crippen LogP) is 4.72. The molecule has 0 radical (unpaired) electrons. The zero-order valence-electron chi connectivity index (χ0n) is 13.2. The van der Waals surface area contributed by atoms with Gasteiger partial charge < -0.3 is 10.1 Å². The number of halogens is 1. The highest BCUT2D eigenvalue weighted by Gasteiger charge is 2.24. The molecule has 4 nitrogen and oxygen atoms in total. The van der Waals surface area contributed by atoms with Gasteiger partial charge in [0, 0.05) is 28.0 Å². The number of aromatic nitrogens is 1. The molecule has 25 heavy (non-hydrogen) atoms. The minimum atomic E-state index is -0.175. The van der Waals surface area contributed by atoms with Gasteiger partial charge in [-0.15, -0.1) is 11.3 Å². The van der Waals surface area contributed by atoms with Gasteiger partial charge in [0.1, 0.15) is 16.5 Å². The van der Waals surface area contributed by atoms with Gasteiger partial charge in [-0.05, 0) is 18.2 Å². The van der Waals surface area contributed by atoms with E-state index in [-0.39, 0.29) is 11.9 Å². The summed E-state index contributed by atoms with van der Waals surface area (Å²) in [6.45, 7) is 0.590. The van der Waals surface area contributed by atoms with Crippen LogP contribution in [-0.2, 0) is 0 Å². The number of nitrogens with zero attached hydrogens (tertiary/aromatic N) is 1. The van der Waals surface area contributed by atoms with Crippen molar-refractivity contribution in [3.8, 4) is 16.3 Å². The van der Waals surface area contributed by atoms with Gasteiger partial charge >= 0.3 is 0 Å². The molecule has 0 saturated carbocycles. The lowest BCUT2D eigenvalue weighted by Gasteiger charge is -2.26. The van der Waals surface area contributed by atoms with Gasteiger partial charge in [0.25, 0.3) is 5.91 Å². The number of carbonyl (C=O) groups is 1. The number of rotatable bonds is 3. The van der Waals surface area contributed by atoms with Gasteiger partial charge in [0.15, 0.2) is 0 Å². The highest BCUT2D eigenvalue weighted by molar-refractivity contribution is 7.13. The molecule has 0 unspecified atom stereocenters. The number of hydrogen-bond donors (Lipinski definition) is 1. The van der Waals surface area contributed by atoms with E-state index >= 15 is 0 Å². The molecule has 0 aliphatic carbocycles. The van der Waals surface area contributed by atoms with E-state index in [0.29, 0.717) is 17.3 Å². The first kappa shape index (κ1) is 16.1. The molecule has 6 heteroatoms. The highest BCUT2D eigenvalue weighted by Crippen LogP contribution is 2.32. The van der Waals surface area contributed by atoms with Crippen molar-refractivity contribution in [2.24, 2.45) is 0 Å². The van der Waals surface area contributed by atoms with E-state index < -0.39 is 0 Å². The van der Waals surface area contributed by atoms with Crippen LogP contribution >= 0.6 is 22.9 Å². The Hall–Kier alpha value is -2.37. The second kappa shape index (κ2) is 6.86. The number of fused-ring (bicyclic) bond motifs is 1. The largest absolute Gasteiger partial charge is 0.493 e. The molecule has 0 spiro atoms. The molecule has 1 aliphatic heterocycles. The van der Waals surface area contributed by atoms with Crippen molar-refractivity contribution < 1.29 is 9.53 Å². The summed E-state index contributed by atoms with van der Waals surface area (Å²) in [6.07, 6.45) is 0.744. The molecule has 4 rings (SSSR count). The normalized spacial score (nSPS) is 16.0. The molecule has 0 bridgehead atoms. The van der Waals surface area contributed by atoms with E-state index in [1.165, 1.54) is 11.3 Å². The Balaban J connectivity index is 1.53. The van der Waals surface area contributed by atoms with Gasteiger partial charge in [-0.3, -0.25) is 4.79 Å². The lowest BCUT2D eigenvalue weighted by molar-refractivity contribution is 0.0920. The van der Waals surface area contributed by atoms with Crippen LogP contribution in [0.15, 0.2) is 53.9 Å². The SMILES string of the molecule is O=C(N[C@H]1CCOc2ccccc21)c1csc(-c2cccc(Cl)c2)n1. The molecule has 1 aliphatic rings. The van der Waals surface area contributed by atoms with E-state index in [1.807, 2.05) is 48.5 Å². The fourth-order valence-electron chi connectivity index (χ4n) is 2.86. The Labute approximate surface area is 154 Å². The molecule has 2 aromatic carbocycles. The van der Waals surface area contributed by atoms with Crippen LogP contribution in [-0.4, -0.2) is 17.5 Å². The summed E-state index contributed by atoms with van der Waals surface area (Å²) < 4.78 is 5.64. The maximum Gasteiger partial charge on any atom is 0.271 e. The number of nitrogens with one attached hydrogen (secondary N) is 1. The van der Waals surface area contributed by atoms with Crippen LogP contribution < -0.4 is 10.1 Å². The summed E-state index contributed by atoms with van der Waals surface area (Å²) in [5.74, 6) is 0.656. The lowest BCUT2D eigenvalue weighted by atomic mass is 10.0. The minimum Gasteiger partial charge on any atom is -0.493 e. The van der Waals surface area contributed by atoms with Crippen LogP contribution in [0.3, 0.4) is 0 Å². The van der Waals surface area contributed by atoms with Gasteiger partial charge in [-0.2, -0.15) is 0 Å². The number of thiazole rings is 1.